The van der Waals surface area contributed by atoms with Crippen LogP contribution in [0.4, 0.5) is 0 Å². The summed E-state index contributed by atoms with van der Waals surface area (Å²) >= 11 is 0. The van der Waals surface area contributed by atoms with Crippen LogP contribution < -0.4 is 0 Å². The van der Waals surface area contributed by atoms with Gasteiger partial charge in [0.25, 0.3) is 5.79 Å². The summed E-state index contributed by atoms with van der Waals surface area (Å²) in [4.78, 5) is 10.7. The number of carbonyl (C=O) groups is 1. The smallest absolute Gasteiger partial charge is 0.369 e. The first kappa shape index (κ1) is 10.5. The van der Waals surface area contributed by atoms with Gasteiger partial charge in [-0.2, -0.15) is 0 Å². The number of hydrogen-bond acceptors (Lipinski definition) is 4. The molecule has 0 bridgehead atoms. The van der Waals surface area contributed by atoms with Crippen LogP contribution in [0, 0.1) is 0 Å². The van der Waals surface area contributed by atoms with Gasteiger partial charge >= 0.3 is 5.97 Å². The molecule has 76 valence electrons. The quantitative estimate of drug-likeness (QED) is 0.607. The van der Waals surface area contributed by atoms with Crippen LogP contribution in [0.2, 0.25) is 0 Å². The average molecular weight is 198 g/mol. The Morgan fingerprint density at radius 2 is 2.00 bits per heavy atom. The van der Waals surface area contributed by atoms with E-state index >= 15 is 0 Å². The molecule has 1 aromatic carbocycles. The van der Waals surface area contributed by atoms with Crippen molar-refractivity contribution in [1.29, 1.82) is 0 Å². The lowest BCUT2D eigenvalue weighted by Crippen LogP contribution is -2.37. The summed E-state index contributed by atoms with van der Waals surface area (Å²) in [7, 11) is 1.04. The number of aliphatic carboxylic acids is 1. The molecule has 1 unspecified atom stereocenters. The van der Waals surface area contributed by atoms with Crippen molar-refractivity contribution >= 4 is 5.97 Å². The third-order valence-corrected chi connectivity index (χ3v) is 1.85. The van der Waals surface area contributed by atoms with Crippen LogP contribution in [0.1, 0.15) is 5.56 Å². The zero-order chi connectivity index (χ0) is 10.8. The number of carboxylic acid groups (broad SMARTS) is 1. The molecule has 0 aliphatic heterocycles. The highest BCUT2D eigenvalue weighted by Crippen LogP contribution is 2.29. The SMILES string of the molecule is COC(O)(C(=O)O)c1ccccc1O. The summed E-state index contributed by atoms with van der Waals surface area (Å²) < 4.78 is 4.46. The first-order valence-corrected chi connectivity index (χ1v) is 3.81. The van der Waals surface area contributed by atoms with Gasteiger partial charge in [-0.25, -0.2) is 4.79 Å². The molecular weight excluding hydrogens is 188 g/mol. The number of methoxy groups -OCH3 is 1. The van der Waals surface area contributed by atoms with E-state index in [1.165, 1.54) is 24.3 Å². The Bertz CT molecular complexity index is 349. The number of aliphatic hydroxyl groups is 1. The van der Waals surface area contributed by atoms with Crippen molar-refractivity contribution in [1.82, 2.24) is 0 Å². The molecule has 5 heteroatoms. The first-order chi connectivity index (χ1) is 6.52. The second-order valence-corrected chi connectivity index (χ2v) is 2.67. The lowest BCUT2D eigenvalue weighted by molar-refractivity contribution is -0.219. The van der Waals surface area contributed by atoms with Crippen LogP contribution in [0.25, 0.3) is 0 Å². The largest absolute Gasteiger partial charge is 0.507 e. The summed E-state index contributed by atoms with van der Waals surface area (Å²) in [6.45, 7) is 0. The number of para-hydroxylation sites is 1. The molecule has 0 spiro atoms. The third-order valence-electron chi connectivity index (χ3n) is 1.85. The van der Waals surface area contributed by atoms with E-state index < -0.39 is 11.8 Å². The van der Waals surface area contributed by atoms with Crippen molar-refractivity contribution in [2.24, 2.45) is 0 Å². The molecule has 1 atom stereocenters. The van der Waals surface area contributed by atoms with E-state index in [0.717, 1.165) is 7.11 Å². The van der Waals surface area contributed by atoms with Gasteiger partial charge in [0.15, 0.2) is 0 Å². The molecule has 0 aliphatic carbocycles. The highest BCUT2D eigenvalue weighted by Gasteiger charge is 2.40. The standard InChI is InChI=1S/C9H10O5/c1-14-9(13,8(11)12)6-4-2-3-5-7(6)10/h2-5,10,13H,1H3,(H,11,12). The van der Waals surface area contributed by atoms with Crippen LogP contribution in [-0.4, -0.2) is 28.4 Å². The molecule has 0 heterocycles. The zero-order valence-electron chi connectivity index (χ0n) is 7.47. The number of carboxylic acids is 1. The van der Waals surface area contributed by atoms with Gasteiger partial charge in [-0.1, -0.05) is 12.1 Å². The lowest BCUT2D eigenvalue weighted by Gasteiger charge is -2.22. The number of hydrogen-bond donors (Lipinski definition) is 3. The first-order valence-electron chi connectivity index (χ1n) is 3.81. The van der Waals surface area contributed by atoms with E-state index in [1.54, 1.807) is 0 Å². The maximum atomic E-state index is 10.7. The summed E-state index contributed by atoms with van der Waals surface area (Å²) in [5.41, 5.74) is -0.199. The zero-order valence-corrected chi connectivity index (χ0v) is 7.47. The predicted octanol–water partition coefficient (Wildman–Crippen LogP) is 0.268. The van der Waals surface area contributed by atoms with Crippen LogP contribution >= 0.6 is 0 Å². The summed E-state index contributed by atoms with van der Waals surface area (Å²) in [6.07, 6.45) is 0. The van der Waals surface area contributed by atoms with Crippen molar-refractivity contribution in [2.45, 2.75) is 5.79 Å². The molecule has 0 aromatic heterocycles. The minimum atomic E-state index is -2.51. The highest BCUT2D eigenvalue weighted by molar-refractivity contribution is 5.78. The molecule has 3 N–H and O–H groups in total. The lowest BCUT2D eigenvalue weighted by atomic mass is 10.1. The normalized spacial score (nSPS) is 14.7. The topological polar surface area (TPSA) is 87.0 Å². The van der Waals surface area contributed by atoms with E-state index in [-0.39, 0.29) is 11.3 Å². The molecular formula is C9H10O5. The second kappa shape index (κ2) is 3.65. The van der Waals surface area contributed by atoms with Crippen LogP contribution in [0.15, 0.2) is 24.3 Å². The molecule has 0 radical (unpaired) electrons. The Balaban J connectivity index is 3.26. The van der Waals surface area contributed by atoms with Crippen molar-refractivity contribution in [3.8, 4) is 5.75 Å². The third kappa shape index (κ3) is 1.55. The molecule has 5 nitrogen and oxygen atoms in total. The summed E-state index contributed by atoms with van der Waals surface area (Å²) in [5, 5.41) is 27.6. The molecule has 1 rings (SSSR count). The van der Waals surface area contributed by atoms with E-state index in [1.807, 2.05) is 0 Å². The average Bonchev–Trinajstić information content (AvgIpc) is 2.17. The van der Waals surface area contributed by atoms with Gasteiger partial charge in [-0.3, -0.25) is 0 Å². The molecule has 0 fully saturated rings. The van der Waals surface area contributed by atoms with Gasteiger partial charge in [0.2, 0.25) is 0 Å². The fraction of sp³-hybridized carbons (Fsp3) is 0.222. The second-order valence-electron chi connectivity index (χ2n) is 2.67. The number of ether oxygens (including phenoxy) is 1. The van der Waals surface area contributed by atoms with E-state index in [0.29, 0.717) is 0 Å². The number of phenols is 1. The van der Waals surface area contributed by atoms with Crippen LogP contribution in [0.3, 0.4) is 0 Å². The van der Waals surface area contributed by atoms with Gasteiger partial charge in [-0.15, -0.1) is 0 Å². The molecule has 0 aliphatic rings. The summed E-state index contributed by atoms with van der Waals surface area (Å²) in [6, 6.07) is 5.54. The van der Waals surface area contributed by atoms with Crippen molar-refractivity contribution in [3.05, 3.63) is 29.8 Å². The molecule has 14 heavy (non-hydrogen) atoms. The minimum Gasteiger partial charge on any atom is -0.507 e. The predicted molar refractivity (Wildman–Crippen MR) is 46.6 cm³/mol. The van der Waals surface area contributed by atoms with Gasteiger partial charge < -0.3 is 20.1 Å². The fourth-order valence-corrected chi connectivity index (χ4v) is 1.07. The molecule has 0 saturated heterocycles. The van der Waals surface area contributed by atoms with E-state index in [9.17, 15) is 15.0 Å². The number of aromatic hydroxyl groups is 1. The Kier molecular flexibility index (Phi) is 2.73. The maximum absolute atomic E-state index is 10.7. The van der Waals surface area contributed by atoms with Crippen LogP contribution in [-0.2, 0) is 15.3 Å². The Hall–Kier alpha value is -1.59. The molecule has 0 amide bonds. The van der Waals surface area contributed by atoms with E-state index in [4.69, 9.17) is 5.11 Å². The molecule has 0 saturated carbocycles. The summed E-state index contributed by atoms with van der Waals surface area (Å²) in [5.74, 6) is -4.42. The Morgan fingerprint density at radius 1 is 1.43 bits per heavy atom. The van der Waals surface area contributed by atoms with Crippen molar-refractivity contribution in [2.75, 3.05) is 7.11 Å². The number of phenolic OH excluding ortho intramolecular Hbond substituents is 1. The van der Waals surface area contributed by atoms with E-state index in [2.05, 4.69) is 4.74 Å². The molecule has 1 aromatic rings. The number of benzene rings is 1. The highest BCUT2D eigenvalue weighted by atomic mass is 16.6. The fourth-order valence-electron chi connectivity index (χ4n) is 1.07. The van der Waals surface area contributed by atoms with Crippen molar-refractivity contribution in [3.63, 3.8) is 0 Å². The van der Waals surface area contributed by atoms with Gasteiger partial charge in [0, 0.05) is 7.11 Å². The number of rotatable bonds is 3. The minimum absolute atomic E-state index is 0.199. The van der Waals surface area contributed by atoms with Crippen molar-refractivity contribution < 1.29 is 24.9 Å². The van der Waals surface area contributed by atoms with Crippen LogP contribution in [0.5, 0.6) is 5.75 Å². The van der Waals surface area contributed by atoms with Gasteiger partial charge in [-0.05, 0) is 12.1 Å². The maximum Gasteiger partial charge on any atom is 0.369 e. The van der Waals surface area contributed by atoms with Gasteiger partial charge in [0.1, 0.15) is 5.75 Å². The monoisotopic (exact) mass is 198 g/mol. The van der Waals surface area contributed by atoms with Gasteiger partial charge in [0.05, 0.1) is 5.56 Å². The Labute approximate surface area is 80.2 Å². The Morgan fingerprint density at radius 3 is 2.43 bits per heavy atom.